The highest BCUT2D eigenvalue weighted by Crippen LogP contribution is 2.68. The Bertz CT molecular complexity index is 300. The van der Waals surface area contributed by atoms with Crippen LogP contribution in [-0.2, 0) is 0 Å². The summed E-state index contributed by atoms with van der Waals surface area (Å²) >= 11 is 0. The zero-order valence-electron chi connectivity index (χ0n) is 10.6. The van der Waals surface area contributed by atoms with Gasteiger partial charge in [0.1, 0.15) is 0 Å². The highest BCUT2D eigenvalue weighted by molar-refractivity contribution is 5.46. The van der Waals surface area contributed by atoms with E-state index >= 15 is 0 Å². The Balaban J connectivity index is 2.53. The van der Waals surface area contributed by atoms with E-state index in [1.807, 2.05) is 0 Å². The van der Waals surface area contributed by atoms with E-state index in [-0.39, 0.29) is 0 Å². The minimum Gasteiger partial charge on any atom is -0.0634 e. The SMILES string of the molecule is CC1(C)CCCC2=C1C(C)(C)C2(C)C. The molecule has 0 spiro atoms. The second-order valence-corrected chi connectivity index (χ2v) is 6.84. The number of hydrogen-bond acceptors (Lipinski definition) is 0. The fourth-order valence-electron chi connectivity index (χ4n) is 3.84. The lowest BCUT2D eigenvalue weighted by molar-refractivity contribution is 0.0741. The van der Waals surface area contributed by atoms with Crippen molar-refractivity contribution in [3.63, 3.8) is 0 Å². The van der Waals surface area contributed by atoms with E-state index in [4.69, 9.17) is 0 Å². The van der Waals surface area contributed by atoms with Gasteiger partial charge in [0.25, 0.3) is 0 Å². The summed E-state index contributed by atoms with van der Waals surface area (Å²) in [5.41, 5.74) is 4.89. The molecular formula is C14H24. The Hall–Kier alpha value is -0.260. The topological polar surface area (TPSA) is 0 Å². The molecule has 0 aromatic carbocycles. The molecule has 80 valence electrons. The lowest BCUT2D eigenvalue weighted by atomic mass is 9.42. The first-order chi connectivity index (χ1) is 6.21. The highest BCUT2D eigenvalue weighted by atomic mass is 14.6. The lowest BCUT2D eigenvalue weighted by Crippen LogP contribution is -2.52. The summed E-state index contributed by atoms with van der Waals surface area (Å²) in [5, 5.41) is 0. The van der Waals surface area contributed by atoms with Crippen LogP contribution in [0.3, 0.4) is 0 Å². The normalized spacial score (nSPS) is 32.1. The van der Waals surface area contributed by atoms with Gasteiger partial charge in [-0.05, 0) is 35.5 Å². The molecule has 0 radical (unpaired) electrons. The van der Waals surface area contributed by atoms with Gasteiger partial charge in [-0.3, -0.25) is 0 Å². The first-order valence-corrected chi connectivity index (χ1v) is 5.96. The summed E-state index contributed by atoms with van der Waals surface area (Å²) in [5.74, 6) is 0. The van der Waals surface area contributed by atoms with Gasteiger partial charge in [-0.25, -0.2) is 0 Å². The van der Waals surface area contributed by atoms with Gasteiger partial charge in [0.05, 0.1) is 0 Å². The van der Waals surface area contributed by atoms with Gasteiger partial charge < -0.3 is 0 Å². The monoisotopic (exact) mass is 192 g/mol. The van der Waals surface area contributed by atoms with E-state index in [2.05, 4.69) is 41.5 Å². The molecule has 0 amide bonds. The van der Waals surface area contributed by atoms with Crippen LogP contribution in [0.25, 0.3) is 0 Å². The lowest BCUT2D eigenvalue weighted by Gasteiger charge is -2.62. The summed E-state index contributed by atoms with van der Waals surface area (Å²) in [6, 6.07) is 0. The van der Waals surface area contributed by atoms with Crippen LogP contribution < -0.4 is 0 Å². The summed E-state index contributed by atoms with van der Waals surface area (Å²) in [7, 11) is 0. The van der Waals surface area contributed by atoms with Crippen LogP contribution in [-0.4, -0.2) is 0 Å². The van der Waals surface area contributed by atoms with Gasteiger partial charge in [0.15, 0.2) is 0 Å². The van der Waals surface area contributed by atoms with Gasteiger partial charge in [-0.2, -0.15) is 0 Å². The molecular weight excluding hydrogens is 168 g/mol. The number of hydrogen-bond donors (Lipinski definition) is 0. The second-order valence-electron chi connectivity index (χ2n) is 6.84. The van der Waals surface area contributed by atoms with Crippen molar-refractivity contribution in [3.05, 3.63) is 11.1 Å². The van der Waals surface area contributed by atoms with E-state index in [1.165, 1.54) is 19.3 Å². The third-order valence-electron chi connectivity index (χ3n) is 5.15. The summed E-state index contributed by atoms with van der Waals surface area (Å²) < 4.78 is 0. The Morgan fingerprint density at radius 3 is 1.93 bits per heavy atom. The molecule has 0 aromatic rings. The van der Waals surface area contributed by atoms with Crippen molar-refractivity contribution in [1.29, 1.82) is 0 Å². The zero-order valence-corrected chi connectivity index (χ0v) is 10.6. The van der Waals surface area contributed by atoms with Crippen LogP contribution in [0.4, 0.5) is 0 Å². The Morgan fingerprint density at radius 1 is 0.857 bits per heavy atom. The van der Waals surface area contributed by atoms with Gasteiger partial charge in [0.2, 0.25) is 0 Å². The van der Waals surface area contributed by atoms with Crippen LogP contribution in [0.1, 0.15) is 60.8 Å². The van der Waals surface area contributed by atoms with E-state index < -0.39 is 0 Å². The molecule has 0 saturated heterocycles. The Kier molecular flexibility index (Phi) is 1.80. The third-order valence-corrected chi connectivity index (χ3v) is 5.15. The van der Waals surface area contributed by atoms with E-state index in [9.17, 15) is 0 Å². The first kappa shape index (κ1) is 10.3. The van der Waals surface area contributed by atoms with Crippen LogP contribution in [0.15, 0.2) is 11.1 Å². The molecule has 0 aromatic heterocycles. The molecule has 2 rings (SSSR count). The fourth-order valence-corrected chi connectivity index (χ4v) is 3.84. The van der Waals surface area contributed by atoms with Crippen molar-refractivity contribution < 1.29 is 0 Å². The third kappa shape index (κ3) is 0.951. The first-order valence-electron chi connectivity index (χ1n) is 5.96. The average molecular weight is 192 g/mol. The van der Waals surface area contributed by atoms with Gasteiger partial charge >= 0.3 is 0 Å². The van der Waals surface area contributed by atoms with Crippen LogP contribution in [0, 0.1) is 16.2 Å². The quantitative estimate of drug-likeness (QED) is 0.494. The molecule has 0 saturated carbocycles. The molecule has 0 bridgehead atoms. The van der Waals surface area contributed by atoms with Gasteiger partial charge in [-0.15, -0.1) is 0 Å². The average Bonchev–Trinajstić information content (AvgIpc) is 2.01. The number of rotatable bonds is 0. The molecule has 2 aliphatic carbocycles. The molecule has 0 atom stereocenters. The summed E-state index contributed by atoms with van der Waals surface area (Å²) in [4.78, 5) is 0. The highest BCUT2D eigenvalue weighted by Gasteiger charge is 2.57. The molecule has 14 heavy (non-hydrogen) atoms. The van der Waals surface area contributed by atoms with Crippen LogP contribution >= 0.6 is 0 Å². The van der Waals surface area contributed by atoms with Crippen molar-refractivity contribution in [2.24, 2.45) is 16.2 Å². The fraction of sp³-hybridized carbons (Fsp3) is 0.857. The van der Waals surface area contributed by atoms with Crippen LogP contribution in [0.2, 0.25) is 0 Å². The maximum Gasteiger partial charge on any atom is -0.00481 e. The molecule has 0 heteroatoms. The predicted octanol–water partition coefficient (Wildman–Crippen LogP) is 4.56. The standard InChI is InChI=1S/C14H24/c1-12(2)9-7-8-10-11(12)14(5,6)13(10,3)4/h7-9H2,1-6H3. The molecule has 0 aliphatic heterocycles. The van der Waals surface area contributed by atoms with E-state index in [0.717, 1.165) is 0 Å². The maximum absolute atomic E-state index is 2.43. The van der Waals surface area contributed by atoms with Crippen molar-refractivity contribution >= 4 is 0 Å². The minimum atomic E-state index is 0.423. The molecule has 0 fully saturated rings. The molecule has 0 heterocycles. The molecule has 2 aliphatic rings. The van der Waals surface area contributed by atoms with Crippen molar-refractivity contribution in [2.45, 2.75) is 60.8 Å². The Morgan fingerprint density at radius 2 is 1.43 bits per heavy atom. The van der Waals surface area contributed by atoms with Gasteiger partial charge in [0, 0.05) is 0 Å². The number of allylic oxidation sites excluding steroid dienone is 2. The predicted molar refractivity (Wildman–Crippen MR) is 62.2 cm³/mol. The molecule has 0 nitrogen and oxygen atoms in total. The second kappa shape index (κ2) is 2.46. The maximum atomic E-state index is 2.43. The van der Waals surface area contributed by atoms with Gasteiger partial charge in [-0.1, -0.05) is 52.7 Å². The summed E-state index contributed by atoms with van der Waals surface area (Å²) in [6.45, 7) is 14.6. The molecule has 0 N–H and O–H groups in total. The minimum absolute atomic E-state index is 0.423. The largest absolute Gasteiger partial charge is 0.0634 e. The van der Waals surface area contributed by atoms with Crippen LogP contribution in [0.5, 0.6) is 0 Å². The Labute approximate surface area is 88.8 Å². The van der Waals surface area contributed by atoms with E-state index in [0.29, 0.717) is 16.2 Å². The van der Waals surface area contributed by atoms with Crippen molar-refractivity contribution in [3.8, 4) is 0 Å². The zero-order chi connectivity index (χ0) is 10.8. The molecule has 0 unspecified atom stereocenters. The smallest absolute Gasteiger partial charge is 0.00481 e. The summed E-state index contributed by atoms with van der Waals surface area (Å²) in [6.07, 6.45) is 4.13. The van der Waals surface area contributed by atoms with Crippen molar-refractivity contribution in [1.82, 2.24) is 0 Å². The van der Waals surface area contributed by atoms with Crippen molar-refractivity contribution in [2.75, 3.05) is 0 Å². The van der Waals surface area contributed by atoms with E-state index in [1.54, 1.807) is 11.1 Å².